The molecule has 1 aromatic rings. The summed E-state index contributed by atoms with van der Waals surface area (Å²) in [5.74, 6) is 1.50. The van der Waals surface area contributed by atoms with Crippen LogP contribution in [0.1, 0.15) is 25.8 Å². The average molecular weight is 327 g/mol. The lowest BCUT2D eigenvalue weighted by molar-refractivity contribution is 0.423. The number of benzene rings is 1. The third kappa shape index (κ3) is 2.86. The molecule has 1 aliphatic rings. The number of anilines is 1. The molecule has 0 bridgehead atoms. The summed E-state index contributed by atoms with van der Waals surface area (Å²) in [4.78, 5) is 2.88. The fourth-order valence-corrected chi connectivity index (χ4v) is 3.05. The van der Waals surface area contributed by atoms with Crippen LogP contribution in [0.5, 0.6) is 0 Å². The highest BCUT2D eigenvalue weighted by Gasteiger charge is 2.26. The normalized spacial score (nSPS) is 19.6. The number of rotatable bonds is 3. The Kier molecular flexibility index (Phi) is 4.28. The van der Waals surface area contributed by atoms with Crippen molar-refractivity contribution in [2.75, 3.05) is 18.0 Å². The molecule has 0 radical (unpaired) electrons. The van der Waals surface area contributed by atoms with E-state index in [1.54, 1.807) is 0 Å². The molecule has 1 atom stereocenters. The summed E-state index contributed by atoms with van der Waals surface area (Å²) in [7, 11) is 0. The van der Waals surface area contributed by atoms with Gasteiger partial charge in [-0.15, -0.1) is 0 Å². The minimum atomic E-state index is 0.477. The van der Waals surface area contributed by atoms with Crippen molar-refractivity contribution in [1.29, 1.82) is 0 Å². The van der Waals surface area contributed by atoms with E-state index in [9.17, 15) is 0 Å². The molecular formula is C14H19BrN2S. The van der Waals surface area contributed by atoms with Gasteiger partial charge >= 0.3 is 0 Å². The highest BCUT2D eigenvalue weighted by molar-refractivity contribution is 9.10. The van der Waals surface area contributed by atoms with Gasteiger partial charge in [0.25, 0.3) is 0 Å². The first-order chi connectivity index (χ1) is 8.49. The van der Waals surface area contributed by atoms with Crippen molar-refractivity contribution in [3.05, 3.63) is 28.2 Å². The summed E-state index contributed by atoms with van der Waals surface area (Å²) in [5.41, 5.74) is 7.97. The minimum Gasteiger partial charge on any atom is -0.389 e. The van der Waals surface area contributed by atoms with E-state index in [4.69, 9.17) is 18.0 Å². The molecular weight excluding hydrogens is 308 g/mol. The summed E-state index contributed by atoms with van der Waals surface area (Å²) >= 11 is 8.67. The Hall–Kier alpha value is -0.610. The summed E-state index contributed by atoms with van der Waals surface area (Å²) in [5, 5.41) is 0. The predicted molar refractivity (Wildman–Crippen MR) is 85.2 cm³/mol. The highest BCUT2D eigenvalue weighted by atomic mass is 79.9. The lowest BCUT2D eigenvalue weighted by atomic mass is 9.95. The molecule has 1 fully saturated rings. The monoisotopic (exact) mass is 326 g/mol. The third-order valence-electron chi connectivity index (χ3n) is 3.73. The van der Waals surface area contributed by atoms with E-state index in [-0.39, 0.29) is 0 Å². The molecule has 0 aliphatic carbocycles. The molecule has 2 rings (SSSR count). The summed E-state index contributed by atoms with van der Waals surface area (Å²) in [6.07, 6.45) is 1.25. The van der Waals surface area contributed by atoms with Crippen LogP contribution in [0.25, 0.3) is 0 Å². The topological polar surface area (TPSA) is 29.3 Å². The van der Waals surface area contributed by atoms with Gasteiger partial charge in [0.2, 0.25) is 0 Å². The third-order valence-corrected chi connectivity index (χ3v) is 4.45. The van der Waals surface area contributed by atoms with Gasteiger partial charge in [0.05, 0.1) is 0 Å². The van der Waals surface area contributed by atoms with Gasteiger partial charge in [-0.1, -0.05) is 42.0 Å². The number of halogens is 1. The van der Waals surface area contributed by atoms with Gasteiger partial charge < -0.3 is 10.6 Å². The van der Waals surface area contributed by atoms with Gasteiger partial charge in [0.1, 0.15) is 4.99 Å². The second-order valence-electron chi connectivity index (χ2n) is 5.26. The van der Waals surface area contributed by atoms with Gasteiger partial charge in [-0.3, -0.25) is 0 Å². The average Bonchev–Trinajstić information content (AvgIpc) is 2.77. The number of hydrogen-bond donors (Lipinski definition) is 1. The molecule has 18 heavy (non-hydrogen) atoms. The Bertz CT molecular complexity index is 459. The first-order valence-electron chi connectivity index (χ1n) is 6.33. The van der Waals surface area contributed by atoms with Gasteiger partial charge in [-0.2, -0.15) is 0 Å². The van der Waals surface area contributed by atoms with Crippen LogP contribution in [-0.4, -0.2) is 18.1 Å². The fourth-order valence-electron chi connectivity index (χ4n) is 2.53. The maximum Gasteiger partial charge on any atom is 0.106 e. The summed E-state index contributed by atoms with van der Waals surface area (Å²) < 4.78 is 1.07. The van der Waals surface area contributed by atoms with Crippen LogP contribution in [0.4, 0.5) is 5.69 Å². The first kappa shape index (κ1) is 13.8. The van der Waals surface area contributed by atoms with Gasteiger partial charge in [0.15, 0.2) is 0 Å². The lowest BCUT2D eigenvalue weighted by Gasteiger charge is -2.23. The smallest absolute Gasteiger partial charge is 0.106 e. The standard InChI is InChI=1S/C14H19BrN2S/c1-9(2)10-5-6-17(8-10)13-7-11(15)3-4-12(13)14(16)18/h3-4,7,9-10H,5-6,8H2,1-2H3,(H2,16,18). The van der Waals surface area contributed by atoms with E-state index in [1.807, 2.05) is 12.1 Å². The summed E-state index contributed by atoms with van der Waals surface area (Å²) in [6, 6.07) is 6.12. The Labute approximate surface area is 123 Å². The quantitative estimate of drug-likeness (QED) is 0.861. The second-order valence-corrected chi connectivity index (χ2v) is 6.62. The van der Waals surface area contributed by atoms with E-state index in [2.05, 4.69) is 40.7 Å². The highest BCUT2D eigenvalue weighted by Crippen LogP contribution is 2.32. The molecule has 2 nitrogen and oxygen atoms in total. The molecule has 0 spiro atoms. The van der Waals surface area contributed by atoms with Crippen LogP contribution in [0.3, 0.4) is 0 Å². The number of nitrogens with two attached hydrogens (primary N) is 1. The van der Waals surface area contributed by atoms with E-state index in [0.29, 0.717) is 4.99 Å². The molecule has 4 heteroatoms. The van der Waals surface area contributed by atoms with Crippen molar-refractivity contribution in [2.45, 2.75) is 20.3 Å². The van der Waals surface area contributed by atoms with E-state index in [0.717, 1.165) is 35.0 Å². The van der Waals surface area contributed by atoms with E-state index >= 15 is 0 Å². The number of nitrogens with zero attached hydrogens (tertiary/aromatic N) is 1. The summed E-state index contributed by atoms with van der Waals surface area (Å²) in [6.45, 7) is 6.78. The maximum absolute atomic E-state index is 5.82. The van der Waals surface area contributed by atoms with Crippen molar-refractivity contribution in [3.8, 4) is 0 Å². The lowest BCUT2D eigenvalue weighted by Crippen LogP contribution is -2.24. The Morgan fingerprint density at radius 1 is 1.50 bits per heavy atom. The van der Waals surface area contributed by atoms with Crippen molar-refractivity contribution < 1.29 is 0 Å². The first-order valence-corrected chi connectivity index (χ1v) is 7.53. The van der Waals surface area contributed by atoms with Gasteiger partial charge in [0, 0.05) is 28.8 Å². The van der Waals surface area contributed by atoms with E-state index in [1.165, 1.54) is 12.1 Å². The minimum absolute atomic E-state index is 0.477. The van der Waals surface area contributed by atoms with Crippen LogP contribution < -0.4 is 10.6 Å². The van der Waals surface area contributed by atoms with Crippen LogP contribution in [-0.2, 0) is 0 Å². The van der Waals surface area contributed by atoms with Crippen molar-refractivity contribution in [3.63, 3.8) is 0 Å². The molecule has 1 aliphatic heterocycles. The van der Waals surface area contributed by atoms with E-state index < -0.39 is 0 Å². The Morgan fingerprint density at radius 3 is 2.78 bits per heavy atom. The number of thiocarbonyl (C=S) groups is 1. The van der Waals surface area contributed by atoms with Crippen LogP contribution in [0.2, 0.25) is 0 Å². The predicted octanol–water partition coefficient (Wildman–Crippen LogP) is 3.57. The molecule has 1 heterocycles. The van der Waals surface area contributed by atoms with Crippen molar-refractivity contribution >= 4 is 38.8 Å². The Balaban J connectivity index is 2.28. The molecule has 1 aromatic carbocycles. The van der Waals surface area contributed by atoms with Crippen LogP contribution >= 0.6 is 28.1 Å². The zero-order valence-electron chi connectivity index (χ0n) is 10.8. The second kappa shape index (κ2) is 5.57. The molecule has 0 aromatic heterocycles. The zero-order valence-corrected chi connectivity index (χ0v) is 13.2. The molecule has 2 N–H and O–H groups in total. The maximum atomic E-state index is 5.82. The van der Waals surface area contributed by atoms with Crippen LogP contribution in [0.15, 0.2) is 22.7 Å². The largest absolute Gasteiger partial charge is 0.389 e. The molecule has 1 unspecified atom stereocenters. The van der Waals surface area contributed by atoms with Gasteiger partial charge in [-0.25, -0.2) is 0 Å². The molecule has 0 saturated carbocycles. The van der Waals surface area contributed by atoms with Crippen LogP contribution in [0, 0.1) is 11.8 Å². The Morgan fingerprint density at radius 2 is 2.22 bits per heavy atom. The van der Waals surface area contributed by atoms with Gasteiger partial charge in [-0.05, 0) is 36.5 Å². The fraction of sp³-hybridized carbons (Fsp3) is 0.500. The number of hydrogen-bond acceptors (Lipinski definition) is 2. The molecule has 98 valence electrons. The zero-order chi connectivity index (χ0) is 13.3. The van der Waals surface area contributed by atoms with Crippen molar-refractivity contribution in [1.82, 2.24) is 0 Å². The molecule has 0 amide bonds. The van der Waals surface area contributed by atoms with Crippen molar-refractivity contribution in [2.24, 2.45) is 17.6 Å². The SMILES string of the molecule is CC(C)C1CCN(c2cc(Br)ccc2C(N)=S)C1. The molecule has 1 saturated heterocycles.